The van der Waals surface area contributed by atoms with Gasteiger partial charge in [0.05, 0.1) is 0 Å². The maximum Gasteiger partial charge on any atom is 0.416 e. The van der Waals surface area contributed by atoms with Crippen molar-refractivity contribution in [2.45, 2.75) is 84.9 Å². The van der Waals surface area contributed by atoms with E-state index in [9.17, 15) is 4.79 Å². The number of hydrogen-bond donors (Lipinski definition) is 0. The lowest BCUT2D eigenvalue weighted by atomic mass is 10.0. The Kier molecular flexibility index (Phi) is 7.04. The Morgan fingerprint density at radius 2 is 2.15 bits per heavy atom. The van der Waals surface area contributed by atoms with Gasteiger partial charge in [-0.25, -0.2) is 9.78 Å². The lowest BCUT2D eigenvalue weighted by molar-refractivity contribution is 0.0578. The van der Waals surface area contributed by atoms with E-state index >= 15 is 0 Å². The van der Waals surface area contributed by atoms with E-state index in [0.717, 1.165) is 37.2 Å². The van der Waals surface area contributed by atoms with Crippen molar-refractivity contribution in [2.24, 2.45) is 0 Å². The van der Waals surface area contributed by atoms with E-state index in [1.165, 1.54) is 6.42 Å². The van der Waals surface area contributed by atoms with Crippen LogP contribution in [0.1, 0.15) is 78.8 Å². The summed E-state index contributed by atoms with van der Waals surface area (Å²) in [5.41, 5.74) is 0.619. The first-order chi connectivity index (χ1) is 12.2. The van der Waals surface area contributed by atoms with Crippen LogP contribution in [0.4, 0.5) is 10.6 Å². The van der Waals surface area contributed by atoms with Crippen LogP contribution < -0.4 is 4.90 Å². The minimum atomic E-state index is -0.520. The van der Waals surface area contributed by atoms with Crippen molar-refractivity contribution < 1.29 is 9.53 Å². The van der Waals surface area contributed by atoms with Crippen molar-refractivity contribution in [2.75, 3.05) is 18.0 Å². The molecule has 0 saturated carbocycles. The minimum absolute atomic E-state index is 0.306. The first-order valence-electron chi connectivity index (χ1n) is 9.95. The van der Waals surface area contributed by atoms with E-state index < -0.39 is 5.60 Å². The predicted molar refractivity (Wildman–Crippen MR) is 107 cm³/mol. The zero-order valence-corrected chi connectivity index (χ0v) is 17.3. The van der Waals surface area contributed by atoms with Gasteiger partial charge in [0.2, 0.25) is 0 Å². The molecule has 1 aromatic heterocycles. The third-order valence-corrected chi connectivity index (χ3v) is 4.74. The molecule has 0 N–H and O–H groups in total. The van der Waals surface area contributed by atoms with Crippen molar-refractivity contribution >= 4 is 11.9 Å². The summed E-state index contributed by atoms with van der Waals surface area (Å²) in [5, 5.41) is 0. The second-order valence-electron chi connectivity index (χ2n) is 8.39. The zero-order chi connectivity index (χ0) is 19.3. The second kappa shape index (κ2) is 8.85. The molecular formula is C21H35N3O2. The molecule has 0 aliphatic carbocycles. The SMILES string of the molecule is CCCCN(C(=O)OC(C)(C)C)c1ncccc1[C@H]1CCCN1C(C)C. The smallest absolute Gasteiger partial charge is 0.416 e. The number of unbranched alkanes of at least 4 members (excludes halogenated alkanes) is 1. The summed E-state index contributed by atoms with van der Waals surface area (Å²) in [6.45, 7) is 14.0. The Bertz CT molecular complexity index is 595. The highest BCUT2D eigenvalue weighted by atomic mass is 16.6. The Labute approximate surface area is 158 Å². The lowest BCUT2D eigenvalue weighted by Crippen LogP contribution is -2.39. The second-order valence-corrected chi connectivity index (χ2v) is 8.39. The van der Waals surface area contributed by atoms with Gasteiger partial charge in [-0.15, -0.1) is 0 Å². The first-order valence-corrected chi connectivity index (χ1v) is 9.95. The molecule has 0 unspecified atom stereocenters. The van der Waals surface area contributed by atoms with E-state index in [0.29, 0.717) is 18.6 Å². The Hall–Kier alpha value is -1.62. The maximum absolute atomic E-state index is 12.9. The Morgan fingerprint density at radius 3 is 2.77 bits per heavy atom. The fourth-order valence-corrected chi connectivity index (χ4v) is 3.55. The molecule has 1 aliphatic rings. The molecule has 1 amide bonds. The quantitative estimate of drug-likeness (QED) is 0.701. The van der Waals surface area contributed by atoms with E-state index in [4.69, 9.17) is 4.74 Å². The largest absolute Gasteiger partial charge is 0.443 e. The molecule has 5 nitrogen and oxygen atoms in total. The molecule has 0 radical (unpaired) electrons. The summed E-state index contributed by atoms with van der Waals surface area (Å²) in [5.74, 6) is 0.757. The fraction of sp³-hybridized carbons (Fsp3) is 0.714. The Balaban J connectivity index is 2.37. The maximum atomic E-state index is 12.9. The van der Waals surface area contributed by atoms with Crippen LogP contribution in [0.15, 0.2) is 18.3 Å². The van der Waals surface area contributed by atoms with Crippen molar-refractivity contribution in [3.05, 3.63) is 23.9 Å². The van der Waals surface area contributed by atoms with Gasteiger partial charge in [-0.2, -0.15) is 0 Å². The number of ether oxygens (including phenoxy) is 1. The van der Waals surface area contributed by atoms with E-state index in [1.807, 2.05) is 26.8 Å². The van der Waals surface area contributed by atoms with Gasteiger partial charge in [0.1, 0.15) is 11.4 Å². The topological polar surface area (TPSA) is 45.7 Å². The first kappa shape index (κ1) is 20.7. The highest BCUT2D eigenvalue weighted by molar-refractivity contribution is 5.87. The number of hydrogen-bond acceptors (Lipinski definition) is 4. The number of aromatic nitrogens is 1. The van der Waals surface area contributed by atoms with E-state index in [2.05, 4.69) is 36.7 Å². The molecule has 5 heteroatoms. The van der Waals surface area contributed by atoms with Crippen LogP contribution in [0.25, 0.3) is 0 Å². The number of carbonyl (C=O) groups excluding carboxylic acids is 1. The minimum Gasteiger partial charge on any atom is -0.443 e. The molecular weight excluding hydrogens is 326 g/mol. The monoisotopic (exact) mass is 361 g/mol. The number of amides is 1. The van der Waals surface area contributed by atoms with Crippen LogP contribution in [-0.4, -0.2) is 40.7 Å². The molecule has 1 fully saturated rings. The number of likely N-dealkylation sites (tertiary alicyclic amines) is 1. The van der Waals surface area contributed by atoms with E-state index in [-0.39, 0.29) is 6.09 Å². The van der Waals surface area contributed by atoms with Crippen molar-refractivity contribution in [1.29, 1.82) is 0 Å². The van der Waals surface area contributed by atoms with Gasteiger partial charge in [0, 0.05) is 30.4 Å². The summed E-state index contributed by atoms with van der Waals surface area (Å²) < 4.78 is 5.68. The van der Waals surface area contributed by atoms with Gasteiger partial charge in [-0.05, 0) is 66.5 Å². The number of anilines is 1. The lowest BCUT2D eigenvalue weighted by Gasteiger charge is -2.32. The molecule has 1 aliphatic heterocycles. The number of carbonyl (C=O) groups is 1. The number of rotatable bonds is 6. The molecule has 26 heavy (non-hydrogen) atoms. The summed E-state index contributed by atoms with van der Waals surface area (Å²) in [7, 11) is 0. The highest BCUT2D eigenvalue weighted by Gasteiger charge is 2.33. The normalized spacial score (nSPS) is 18.3. The van der Waals surface area contributed by atoms with Gasteiger partial charge in [0.15, 0.2) is 0 Å². The number of nitrogens with zero attached hydrogens (tertiary/aromatic N) is 3. The van der Waals surface area contributed by atoms with Gasteiger partial charge < -0.3 is 4.74 Å². The summed E-state index contributed by atoms with van der Waals surface area (Å²) >= 11 is 0. The van der Waals surface area contributed by atoms with Gasteiger partial charge in [-0.3, -0.25) is 9.80 Å². The van der Waals surface area contributed by atoms with Crippen molar-refractivity contribution in [3.63, 3.8) is 0 Å². The van der Waals surface area contributed by atoms with Gasteiger partial charge in [-0.1, -0.05) is 19.4 Å². The molecule has 1 saturated heterocycles. The summed E-state index contributed by atoms with van der Waals surface area (Å²) in [4.78, 5) is 21.8. The van der Waals surface area contributed by atoms with Crippen LogP contribution in [0, 0.1) is 0 Å². The van der Waals surface area contributed by atoms with Crippen LogP contribution in [0.2, 0.25) is 0 Å². The van der Waals surface area contributed by atoms with Crippen LogP contribution >= 0.6 is 0 Å². The Morgan fingerprint density at radius 1 is 1.42 bits per heavy atom. The average Bonchev–Trinajstić information content (AvgIpc) is 3.03. The molecule has 0 bridgehead atoms. The van der Waals surface area contributed by atoms with E-state index in [1.54, 1.807) is 11.1 Å². The average molecular weight is 362 g/mol. The molecule has 2 rings (SSSR count). The zero-order valence-electron chi connectivity index (χ0n) is 17.3. The molecule has 2 heterocycles. The van der Waals surface area contributed by atoms with Gasteiger partial charge >= 0.3 is 6.09 Å². The highest BCUT2D eigenvalue weighted by Crippen LogP contribution is 2.37. The van der Waals surface area contributed by atoms with Gasteiger partial charge in [0.25, 0.3) is 0 Å². The fourth-order valence-electron chi connectivity index (χ4n) is 3.55. The molecule has 0 aromatic carbocycles. The number of pyridine rings is 1. The van der Waals surface area contributed by atoms with Crippen molar-refractivity contribution in [3.8, 4) is 0 Å². The van der Waals surface area contributed by atoms with Crippen LogP contribution in [0.5, 0.6) is 0 Å². The van der Waals surface area contributed by atoms with Crippen LogP contribution in [0.3, 0.4) is 0 Å². The summed E-state index contributed by atoms with van der Waals surface area (Å²) in [6, 6.07) is 4.88. The molecule has 1 aromatic rings. The third kappa shape index (κ3) is 5.19. The van der Waals surface area contributed by atoms with Crippen molar-refractivity contribution in [1.82, 2.24) is 9.88 Å². The third-order valence-electron chi connectivity index (χ3n) is 4.74. The molecule has 146 valence electrons. The molecule has 0 spiro atoms. The summed E-state index contributed by atoms with van der Waals surface area (Å²) in [6.07, 6.45) is 5.69. The standard InChI is InChI=1S/C21H35N3O2/c1-7-8-14-24(20(25)26-21(4,5)6)19-17(11-9-13-22-19)18-12-10-15-23(18)16(2)3/h9,11,13,16,18H,7-8,10,12,14-15H2,1-6H3/t18-/m1/s1. The van der Waals surface area contributed by atoms with Crippen LogP contribution in [-0.2, 0) is 4.74 Å². The molecule has 1 atom stereocenters. The predicted octanol–water partition coefficient (Wildman–Crippen LogP) is 5.17.